The fourth-order valence-corrected chi connectivity index (χ4v) is 11.8. The predicted molar refractivity (Wildman–Crippen MR) is 340 cm³/mol. The highest BCUT2D eigenvalue weighted by Crippen LogP contribution is 2.47. The highest BCUT2D eigenvalue weighted by Gasteiger charge is 2.29. The number of hydrogen-bond donors (Lipinski definition) is 0. The number of benzene rings is 9. The molecule has 3 aromatic heterocycles. The lowest BCUT2D eigenvalue weighted by atomic mass is 9.85. The molecule has 0 spiro atoms. The highest BCUT2D eigenvalue weighted by molar-refractivity contribution is 6.12. The Balaban J connectivity index is 1.22. The van der Waals surface area contributed by atoms with Gasteiger partial charge < -0.3 is 9.13 Å². The van der Waals surface area contributed by atoms with Gasteiger partial charge in [-0.25, -0.2) is 15.0 Å². The van der Waals surface area contributed by atoms with Gasteiger partial charge in [-0.3, -0.25) is 0 Å². The van der Waals surface area contributed by atoms with Gasteiger partial charge in [0.15, 0.2) is 17.5 Å². The second-order valence-corrected chi connectivity index (χ2v) is 26.3. The quantitative estimate of drug-likeness (QED) is 0.160. The first-order chi connectivity index (χ1) is 38.0. The summed E-state index contributed by atoms with van der Waals surface area (Å²) in [5.41, 5.74) is 21.1. The van der Waals surface area contributed by atoms with E-state index in [1.807, 2.05) is 0 Å². The molecule has 0 aliphatic rings. The van der Waals surface area contributed by atoms with E-state index in [1.165, 1.54) is 54.9 Å². The van der Waals surface area contributed by atoms with Gasteiger partial charge in [0.05, 0.1) is 33.4 Å². The summed E-state index contributed by atoms with van der Waals surface area (Å²) in [7, 11) is 0. The van der Waals surface area contributed by atoms with Crippen molar-refractivity contribution in [3.63, 3.8) is 0 Å². The van der Waals surface area contributed by atoms with E-state index < -0.39 is 0 Å². The van der Waals surface area contributed by atoms with Gasteiger partial charge in [-0.1, -0.05) is 210 Å². The summed E-state index contributed by atoms with van der Waals surface area (Å²) in [5, 5.41) is 4.88. The minimum absolute atomic E-state index is 0.0527. The molecule has 0 atom stereocenters. The molecule has 12 rings (SSSR count). The molecule has 0 saturated carbocycles. The summed E-state index contributed by atoms with van der Waals surface area (Å²) in [6.07, 6.45) is 0. The molecule has 0 aliphatic carbocycles. The van der Waals surface area contributed by atoms with Gasteiger partial charge >= 0.3 is 0 Å². The number of aromatic nitrogens is 5. The Morgan fingerprint density at radius 2 is 0.562 bits per heavy atom. The van der Waals surface area contributed by atoms with Crippen LogP contribution in [0.2, 0.25) is 0 Å². The molecule has 398 valence electrons. The topological polar surface area (TPSA) is 48.5 Å². The van der Waals surface area contributed by atoms with Crippen LogP contribution < -0.4 is 0 Å². The monoisotopic (exact) mass is 1040 g/mol. The molecular formula is C75H73N5. The average Bonchev–Trinajstić information content (AvgIpc) is 3.10. The Kier molecular flexibility index (Phi) is 12.5. The van der Waals surface area contributed by atoms with Crippen molar-refractivity contribution < 1.29 is 0 Å². The molecule has 0 aliphatic heterocycles. The molecule has 0 fully saturated rings. The minimum atomic E-state index is -0.0527. The van der Waals surface area contributed by atoms with Crippen LogP contribution in [-0.2, 0) is 21.7 Å². The van der Waals surface area contributed by atoms with Crippen molar-refractivity contribution in [1.82, 2.24) is 24.1 Å². The van der Waals surface area contributed by atoms with Crippen molar-refractivity contribution in [2.75, 3.05) is 0 Å². The van der Waals surface area contributed by atoms with Gasteiger partial charge in [0.25, 0.3) is 0 Å². The van der Waals surface area contributed by atoms with Crippen LogP contribution in [-0.4, -0.2) is 24.1 Å². The smallest absolute Gasteiger partial charge is 0.166 e. The van der Waals surface area contributed by atoms with Crippen molar-refractivity contribution in [2.45, 2.75) is 119 Å². The number of para-hydroxylation sites is 2. The molecular weight excluding hydrogens is 971 g/mol. The maximum absolute atomic E-state index is 5.81. The third kappa shape index (κ3) is 9.11. The standard InChI is InChI=1S/C75H73N5/c1-46-24-18-20-28-53(46)55-30-22-32-57(67(55)79-63-38-34-49(72(3,4)5)42-59(63)60-43-50(73(6,7)8)35-39-64(60)79)70-76-69(48-26-16-15-17-27-48)77-71(78-70)58-33-23-31-56(54-29-21-19-25-47(54)2)68(58)80-65-40-36-51(74(9,10)11)44-61(65)62-45-52(75(12,13)14)37-41-66(62)80/h15-45H,1-14H3. The molecule has 9 aromatic carbocycles. The normalized spacial score (nSPS) is 12.6. The van der Waals surface area contributed by atoms with E-state index in [0.717, 1.165) is 72.4 Å². The Morgan fingerprint density at radius 3 is 0.887 bits per heavy atom. The van der Waals surface area contributed by atoms with E-state index in [-0.39, 0.29) is 21.7 Å². The zero-order valence-corrected chi connectivity index (χ0v) is 49.1. The SMILES string of the molecule is Cc1ccccc1-c1cccc(-c2nc(-c3ccccc3)nc(-c3cccc(-c4ccccc4C)c3-n3c4ccc(C(C)(C)C)cc4c4cc(C(C)(C)C)ccc43)n2)c1-n1c2ccc(C(C)(C)C)cc2c2cc(C(C)(C)C)ccc21. The number of rotatable bonds is 7. The molecule has 0 bridgehead atoms. The summed E-state index contributed by atoms with van der Waals surface area (Å²) in [6, 6.07) is 69.5. The van der Waals surface area contributed by atoms with Crippen LogP contribution in [0, 0.1) is 13.8 Å². The van der Waals surface area contributed by atoms with Crippen LogP contribution in [0.5, 0.6) is 0 Å². The molecule has 0 unspecified atom stereocenters. The van der Waals surface area contributed by atoms with Gasteiger partial charge in [-0.05, 0) is 141 Å². The van der Waals surface area contributed by atoms with E-state index >= 15 is 0 Å². The largest absolute Gasteiger partial charge is 0.308 e. The van der Waals surface area contributed by atoms with Crippen LogP contribution in [0.15, 0.2) is 188 Å². The summed E-state index contributed by atoms with van der Waals surface area (Å²) in [4.78, 5) is 17.0. The van der Waals surface area contributed by atoms with Crippen LogP contribution in [0.25, 0.3) is 111 Å². The summed E-state index contributed by atoms with van der Waals surface area (Å²) < 4.78 is 4.98. The van der Waals surface area contributed by atoms with Crippen LogP contribution in [0.3, 0.4) is 0 Å². The first-order valence-corrected chi connectivity index (χ1v) is 28.4. The number of fused-ring (bicyclic) bond motifs is 6. The van der Waals surface area contributed by atoms with Crippen molar-refractivity contribution in [3.8, 4) is 67.8 Å². The predicted octanol–water partition coefficient (Wildman–Crippen LogP) is 20.2. The second-order valence-electron chi connectivity index (χ2n) is 26.3. The zero-order valence-electron chi connectivity index (χ0n) is 49.1. The van der Waals surface area contributed by atoms with Crippen molar-refractivity contribution in [3.05, 3.63) is 221 Å². The Hall–Kier alpha value is -8.41. The summed E-state index contributed by atoms with van der Waals surface area (Å²) in [5.74, 6) is 1.78. The first-order valence-electron chi connectivity index (χ1n) is 28.4. The van der Waals surface area contributed by atoms with E-state index in [1.54, 1.807) is 0 Å². The zero-order chi connectivity index (χ0) is 56.2. The Labute approximate surface area is 473 Å². The van der Waals surface area contributed by atoms with Crippen molar-refractivity contribution in [1.29, 1.82) is 0 Å². The van der Waals surface area contributed by atoms with Gasteiger partial charge in [-0.15, -0.1) is 0 Å². The molecule has 5 nitrogen and oxygen atoms in total. The summed E-state index contributed by atoms with van der Waals surface area (Å²) >= 11 is 0. The molecule has 3 heterocycles. The van der Waals surface area contributed by atoms with E-state index in [2.05, 4.69) is 294 Å². The lowest BCUT2D eigenvalue weighted by molar-refractivity contribution is 0.590. The molecule has 12 aromatic rings. The second kappa shape index (κ2) is 19.2. The molecule has 5 heteroatoms. The van der Waals surface area contributed by atoms with Crippen molar-refractivity contribution in [2.24, 2.45) is 0 Å². The Bertz CT molecular complexity index is 4000. The molecule has 0 saturated heterocycles. The third-order valence-electron chi connectivity index (χ3n) is 16.5. The average molecular weight is 1040 g/mol. The van der Waals surface area contributed by atoms with Crippen LogP contribution in [0.1, 0.15) is 116 Å². The molecule has 0 amide bonds. The lowest BCUT2D eigenvalue weighted by Crippen LogP contribution is -2.10. The number of aryl methyl sites for hydroxylation is 2. The molecule has 0 N–H and O–H groups in total. The lowest BCUT2D eigenvalue weighted by Gasteiger charge is -2.22. The highest BCUT2D eigenvalue weighted by atomic mass is 15.1. The van der Waals surface area contributed by atoms with Crippen LogP contribution in [0.4, 0.5) is 0 Å². The van der Waals surface area contributed by atoms with Gasteiger partial charge in [0.2, 0.25) is 0 Å². The first kappa shape index (κ1) is 52.3. The number of hydrogen-bond acceptors (Lipinski definition) is 3. The third-order valence-corrected chi connectivity index (χ3v) is 16.5. The minimum Gasteiger partial charge on any atom is -0.308 e. The van der Waals surface area contributed by atoms with E-state index in [9.17, 15) is 0 Å². The summed E-state index contributed by atoms with van der Waals surface area (Å²) in [6.45, 7) is 32.1. The number of nitrogens with zero attached hydrogens (tertiary/aromatic N) is 5. The molecule has 80 heavy (non-hydrogen) atoms. The van der Waals surface area contributed by atoms with Gasteiger partial charge in [0, 0.05) is 49.4 Å². The van der Waals surface area contributed by atoms with Crippen molar-refractivity contribution >= 4 is 43.6 Å². The Morgan fingerprint density at radius 1 is 0.275 bits per heavy atom. The van der Waals surface area contributed by atoms with E-state index in [4.69, 9.17) is 15.0 Å². The van der Waals surface area contributed by atoms with Gasteiger partial charge in [0.1, 0.15) is 0 Å². The fraction of sp³-hybridized carbons (Fsp3) is 0.240. The van der Waals surface area contributed by atoms with Gasteiger partial charge in [-0.2, -0.15) is 0 Å². The maximum atomic E-state index is 5.81. The van der Waals surface area contributed by atoms with Crippen LogP contribution >= 0.6 is 0 Å². The van der Waals surface area contributed by atoms with E-state index in [0.29, 0.717) is 17.5 Å². The molecule has 0 radical (unpaired) electrons. The fourth-order valence-electron chi connectivity index (χ4n) is 11.8. The maximum Gasteiger partial charge on any atom is 0.166 e.